The minimum absolute atomic E-state index is 0.108. The zero-order chi connectivity index (χ0) is 19.6. The lowest BCUT2D eigenvalue weighted by molar-refractivity contribution is -0.137. The van der Waals surface area contributed by atoms with Gasteiger partial charge in [0.15, 0.2) is 0 Å². The predicted octanol–water partition coefficient (Wildman–Crippen LogP) is 3.45. The normalized spacial score (nSPS) is 14.4. The Morgan fingerprint density at radius 3 is 2.44 bits per heavy atom. The van der Waals surface area contributed by atoms with E-state index in [1.54, 1.807) is 18.2 Å². The lowest BCUT2D eigenvalue weighted by atomic mass is 10.0. The molecule has 0 saturated carbocycles. The highest BCUT2D eigenvalue weighted by atomic mass is 32.2. The van der Waals surface area contributed by atoms with Gasteiger partial charge in [-0.25, -0.2) is 4.39 Å². The van der Waals surface area contributed by atoms with Crippen molar-refractivity contribution in [2.75, 3.05) is 12.4 Å². The number of nitrogens with zero attached hydrogens (tertiary/aromatic N) is 1. The molecule has 0 spiro atoms. The number of halogens is 1. The van der Waals surface area contributed by atoms with Gasteiger partial charge in [-0.1, -0.05) is 36.4 Å². The van der Waals surface area contributed by atoms with Gasteiger partial charge in [0.05, 0.1) is 23.6 Å². The summed E-state index contributed by atoms with van der Waals surface area (Å²) in [5.74, 6) is -1.04. The smallest absolute Gasteiger partial charge is 0.268 e. The molecule has 2 aromatic carbocycles. The summed E-state index contributed by atoms with van der Waals surface area (Å²) in [7, 11) is 0. The van der Waals surface area contributed by atoms with E-state index in [0.717, 1.165) is 27.8 Å². The van der Waals surface area contributed by atoms with Gasteiger partial charge in [0.1, 0.15) is 5.82 Å². The average Bonchev–Trinajstić information content (AvgIpc) is 2.88. The monoisotopic (exact) mass is 385 g/mol. The van der Waals surface area contributed by atoms with Crippen LogP contribution in [0.5, 0.6) is 0 Å². The number of thioether (sulfide) groups is 1. The minimum atomic E-state index is -0.456. The molecule has 0 radical (unpaired) electrons. The number of aliphatic hydroxyl groups is 1. The van der Waals surface area contributed by atoms with Crippen LogP contribution in [0.2, 0.25) is 0 Å². The number of rotatable bonds is 6. The van der Waals surface area contributed by atoms with E-state index in [2.05, 4.69) is 0 Å². The summed E-state index contributed by atoms with van der Waals surface area (Å²) in [6.07, 6.45) is 0. The van der Waals surface area contributed by atoms with Gasteiger partial charge in [0, 0.05) is 11.3 Å². The number of carbonyl (C=O) groups excluding carboxylic acids is 2. The fourth-order valence-electron chi connectivity index (χ4n) is 2.93. The number of hydrogen-bond acceptors (Lipinski definition) is 4. The molecule has 2 aromatic rings. The summed E-state index contributed by atoms with van der Waals surface area (Å²) in [4.78, 5) is 27.3. The summed E-state index contributed by atoms with van der Waals surface area (Å²) < 4.78 is 14.0. The number of imide groups is 1. The van der Waals surface area contributed by atoms with Crippen molar-refractivity contribution in [2.45, 2.75) is 20.4 Å². The third kappa shape index (κ3) is 3.82. The van der Waals surface area contributed by atoms with Crippen LogP contribution in [0.25, 0.3) is 5.57 Å². The van der Waals surface area contributed by atoms with E-state index in [4.69, 9.17) is 5.11 Å². The van der Waals surface area contributed by atoms with Gasteiger partial charge in [0.2, 0.25) is 0 Å². The van der Waals surface area contributed by atoms with E-state index in [9.17, 15) is 14.0 Å². The first-order valence-electron chi connectivity index (χ1n) is 8.59. The summed E-state index contributed by atoms with van der Waals surface area (Å²) in [5.41, 5.74) is 3.36. The Labute approximate surface area is 161 Å². The molecule has 3 rings (SSSR count). The molecule has 0 aliphatic carbocycles. The molecule has 1 aliphatic heterocycles. The Kier molecular flexibility index (Phi) is 5.77. The lowest BCUT2D eigenvalue weighted by Crippen LogP contribution is -2.31. The third-order valence-electron chi connectivity index (χ3n) is 4.55. The number of amides is 2. The van der Waals surface area contributed by atoms with E-state index >= 15 is 0 Å². The highest BCUT2D eigenvalue weighted by molar-refractivity contribution is 8.04. The second-order valence-corrected chi connectivity index (χ2v) is 7.47. The predicted molar refractivity (Wildman–Crippen MR) is 104 cm³/mol. The van der Waals surface area contributed by atoms with Crippen LogP contribution in [0.3, 0.4) is 0 Å². The highest BCUT2D eigenvalue weighted by Gasteiger charge is 2.39. The van der Waals surface area contributed by atoms with Crippen molar-refractivity contribution in [3.8, 4) is 0 Å². The van der Waals surface area contributed by atoms with Gasteiger partial charge in [-0.15, -0.1) is 11.8 Å². The Balaban J connectivity index is 2.00. The van der Waals surface area contributed by atoms with Gasteiger partial charge in [-0.05, 0) is 36.6 Å². The molecule has 4 nitrogen and oxygen atoms in total. The quantitative estimate of drug-likeness (QED) is 0.774. The molecule has 1 aliphatic rings. The average molecular weight is 385 g/mol. The van der Waals surface area contributed by atoms with Crippen molar-refractivity contribution >= 4 is 29.1 Å². The Morgan fingerprint density at radius 2 is 1.78 bits per heavy atom. The first-order valence-corrected chi connectivity index (χ1v) is 9.57. The summed E-state index contributed by atoms with van der Waals surface area (Å²) in [5, 5.41) is 9.15. The molecular weight excluding hydrogens is 365 g/mol. The van der Waals surface area contributed by atoms with E-state index in [1.165, 1.54) is 6.07 Å². The summed E-state index contributed by atoms with van der Waals surface area (Å²) >= 11 is 1.15. The largest absolute Gasteiger partial charge is 0.396 e. The summed E-state index contributed by atoms with van der Waals surface area (Å²) in [6.45, 7) is 3.68. The van der Waals surface area contributed by atoms with Crippen LogP contribution >= 0.6 is 11.8 Å². The highest BCUT2D eigenvalue weighted by Crippen LogP contribution is 2.37. The number of benzene rings is 2. The van der Waals surface area contributed by atoms with Gasteiger partial charge in [0.25, 0.3) is 11.8 Å². The molecule has 0 fully saturated rings. The topological polar surface area (TPSA) is 57.6 Å². The molecule has 0 aromatic heterocycles. The fraction of sp³-hybridized carbons (Fsp3) is 0.238. The Hall–Kier alpha value is -2.44. The van der Waals surface area contributed by atoms with Crippen LogP contribution in [0, 0.1) is 19.7 Å². The van der Waals surface area contributed by atoms with Crippen LogP contribution in [-0.2, 0) is 16.1 Å². The van der Waals surface area contributed by atoms with E-state index in [1.807, 2.05) is 32.0 Å². The SMILES string of the molecule is Cc1ccc(C2=C(SCCO)C(=O)N(Cc3ccccc3F)C2=O)cc1C. The molecule has 27 heavy (non-hydrogen) atoms. The van der Waals surface area contributed by atoms with Crippen molar-refractivity contribution in [2.24, 2.45) is 0 Å². The molecule has 140 valence electrons. The second kappa shape index (κ2) is 8.06. The van der Waals surface area contributed by atoms with E-state index < -0.39 is 17.6 Å². The maximum absolute atomic E-state index is 14.0. The van der Waals surface area contributed by atoms with E-state index in [-0.39, 0.29) is 18.7 Å². The van der Waals surface area contributed by atoms with E-state index in [0.29, 0.717) is 21.8 Å². The Morgan fingerprint density at radius 1 is 1.04 bits per heavy atom. The number of hydrogen-bond donors (Lipinski definition) is 1. The lowest BCUT2D eigenvalue weighted by Gasteiger charge is -2.15. The van der Waals surface area contributed by atoms with Gasteiger partial charge in [-0.2, -0.15) is 0 Å². The number of carbonyl (C=O) groups is 2. The third-order valence-corrected chi connectivity index (χ3v) is 5.60. The molecule has 0 atom stereocenters. The maximum atomic E-state index is 14.0. The first-order chi connectivity index (χ1) is 12.9. The molecule has 0 bridgehead atoms. The molecule has 1 N–H and O–H groups in total. The van der Waals surface area contributed by atoms with Gasteiger partial charge >= 0.3 is 0 Å². The second-order valence-electron chi connectivity index (χ2n) is 6.36. The van der Waals surface area contributed by atoms with Gasteiger partial charge < -0.3 is 5.11 Å². The van der Waals surface area contributed by atoms with Crippen LogP contribution in [0.4, 0.5) is 4.39 Å². The molecule has 6 heteroatoms. The Bertz CT molecular complexity index is 939. The molecule has 2 amide bonds. The van der Waals surface area contributed by atoms with Crippen LogP contribution < -0.4 is 0 Å². The van der Waals surface area contributed by atoms with Crippen molar-refractivity contribution in [1.82, 2.24) is 4.90 Å². The molecule has 0 unspecified atom stereocenters. The van der Waals surface area contributed by atoms with Crippen molar-refractivity contribution in [3.63, 3.8) is 0 Å². The number of aliphatic hydroxyl groups excluding tert-OH is 1. The number of aryl methyl sites for hydroxylation is 2. The minimum Gasteiger partial charge on any atom is -0.396 e. The van der Waals surface area contributed by atoms with Crippen LogP contribution in [0.15, 0.2) is 47.4 Å². The zero-order valence-electron chi connectivity index (χ0n) is 15.2. The standard InChI is InChI=1S/C21H20FNO3S/c1-13-7-8-15(11-14(13)2)18-19(27-10-9-24)21(26)23(20(18)25)12-16-5-3-4-6-17(16)22/h3-8,11,24H,9-10,12H2,1-2H3. The van der Waals surface area contributed by atoms with Gasteiger partial charge in [-0.3, -0.25) is 14.5 Å². The summed E-state index contributed by atoms with van der Waals surface area (Å²) in [6, 6.07) is 11.7. The first kappa shape index (κ1) is 19.3. The van der Waals surface area contributed by atoms with Crippen molar-refractivity contribution in [1.29, 1.82) is 0 Å². The maximum Gasteiger partial charge on any atom is 0.268 e. The van der Waals surface area contributed by atoms with Crippen LogP contribution in [0.1, 0.15) is 22.3 Å². The molecule has 0 saturated heterocycles. The fourth-order valence-corrected chi connectivity index (χ4v) is 3.81. The van der Waals surface area contributed by atoms with Crippen LogP contribution in [-0.4, -0.2) is 34.2 Å². The zero-order valence-corrected chi connectivity index (χ0v) is 16.0. The van der Waals surface area contributed by atoms with Crippen molar-refractivity contribution < 1.29 is 19.1 Å². The molecule has 1 heterocycles. The van der Waals surface area contributed by atoms with Crippen molar-refractivity contribution in [3.05, 3.63) is 75.4 Å². The molecular formula is C21H20FNO3S.